The topological polar surface area (TPSA) is 69.6 Å². The molecule has 108 valence electrons. The lowest BCUT2D eigenvalue weighted by atomic mass is 9.98. The quantitative estimate of drug-likeness (QED) is 0.877. The van der Waals surface area contributed by atoms with E-state index in [4.69, 9.17) is 5.11 Å². The number of hydrogen-bond donors (Lipinski definition) is 2. The number of fused-ring (bicyclic) bond motifs is 1. The fraction of sp³-hybridized carbons (Fsp3) is 0.385. The zero-order chi connectivity index (χ0) is 14.9. The number of rotatable bonds is 2. The van der Waals surface area contributed by atoms with Gasteiger partial charge in [-0.3, -0.25) is 9.69 Å². The van der Waals surface area contributed by atoms with Crippen LogP contribution in [0, 0.1) is 0 Å². The van der Waals surface area contributed by atoms with Crippen LogP contribution in [-0.2, 0) is 11.2 Å². The minimum atomic E-state index is -2.79. The van der Waals surface area contributed by atoms with Crippen molar-refractivity contribution in [2.75, 3.05) is 16.8 Å². The average molecular weight is 284 g/mol. The van der Waals surface area contributed by atoms with Crippen LogP contribution in [0.4, 0.5) is 25.0 Å². The van der Waals surface area contributed by atoms with Crippen molar-refractivity contribution < 1.29 is 23.5 Å². The van der Waals surface area contributed by atoms with Gasteiger partial charge in [-0.1, -0.05) is 0 Å². The molecule has 1 heterocycles. The fourth-order valence-corrected chi connectivity index (χ4v) is 2.33. The van der Waals surface area contributed by atoms with Gasteiger partial charge in [-0.05, 0) is 30.5 Å². The van der Waals surface area contributed by atoms with Gasteiger partial charge >= 0.3 is 6.09 Å². The molecule has 1 aromatic rings. The number of halogens is 2. The average Bonchev–Trinajstić information content (AvgIpc) is 2.35. The maximum absolute atomic E-state index is 13.1. The summed E-state index contributed by atoms with van der Waals surface area (Å²) < 4.78 is 26.1. The van der Waals surface area contributed by atoms with Crippen molar-refractivity contribution in [1.29, 1.82) is 0 Å². The Morgan fingerprint density at radius 1 is 1.40 bits per heavy atom. The highest BCUT2D eigenvalue weighted by molar-refractivity contribution is 5.92. The van der Waals surface area contributed by atoms with Gasteiger partial charge in [0.15, 0.2) is 0 Å². The highest BCUT2D eigenvalue weighted by Crippen LogP contribution is 2.36. The lowest BCUT2D eigenvalue weighted by Crippen LogP contribution is -2.34. The molecule has 0 saturated carbocycles. The Morgan fingerprint density at radius 3 is 2.65 bits per heavy atom. The minimum absolute atomic E-state index is 0.0403. The van der Waals surface area contributed by atoms with Crippen molar-refractivity contribution in [3.05, 3.63) is 23.3 Å². The summed E-state index contributed by atoms with van der Waals surface area (Å²) in [7, 11) is 0. The van der Waals surface area contributed by atoms with Crippen molar-refractivity contribution in [1.82, 2.24) is 0 Å². The molecular weight excluding hydrogens is 270 g/mol. The van der Waals surface area contributed by atoms with E-state index in [0.717, 1.165) is 11.0 Å². The molecule has 2 rings (SSSR count). The smallest absolute Gasteiger partial charge is 0.411 e. The van der Waals surface area contributed by atoms with E-state index in [1.165, 1.54) is 13.0 Å². The summed E-state index contributed by atoms with van der Waals surface area (Å²) >= 11 is 0. The van der Waals surface area contributed by atoms with Crippen LogP contribution < -0.4 is 10.2 Å². The molecular formula is C13H14F2N2O3. The van der Waals surface area contributed by atoms with Gasteiger partial charge in [0.2, 0.25) is 5.91 Å². The van der Waals surface area contributed by atoms with Crippen LogP contribution in [0.1, 0.15) is 30.9 Å². The first kappa shape index (κ1) is 14.2. The number of carbonyl (C=O) groups is 2. The summed E-state index contributed by atoms with van der Waals surface area (Å²) in [6, 6.07) is 2.59. The number of amides is 2. The van der Waals surface area contributed by atoms with Crippen LogP contribution in [0.25, 0.3) is 0 Å². The largest absolute Gasteiger partial charge is 0.465 e. The number of alkyl halides is 2. The van der Waals surface area contributed by atoms with Crippen molar-refractivity contribution in [2.24, 2.45) is 0 Å². The van der Waals surface area contributed by atoms with Crippen molar-refractivity contribution in [3.8, 4) is 0 Å². The second-order valence-corrected chi connectivity index (χ2v) is 4.59. The van der Waals surface area contributed by atoms with Gasteiger partial charge < -0.3 is 10.4 Å². The van der Waals surface area contributed by atoms with Crippen molar-refractivity contribution in [3.63, 3.8) is 0 Å². The molecule has 0 aliphatic carbocycles. The van der Waals surface area contributed by atoms with E-state index in [1.807, 2.05) is 0 Å². The minimum Gasteiger partial charge on any atom is -0.465 e. The van der Waals surface area contributed by atoms with Gasteiger partial charge in [-0.2, -0.15) is 0 Å². The Kier molecular flexibility index (Phi) is 3.87. The molecule has 0 aromatic heterocycles. The Bertz CT molecular complexity index is 561. The normalized spacial score (nSPS) is 14.1. The standard InChI is InChI=1S/C13H14F2N2O3/c1-7(18)16-10-5-8-3-2-4-17(13(19)20)11(8)6-9(10)12(14)15/h5-6,12H,2-4H2,1H3,(H,16,18)(H,19,20). The third-order valence-electron chi connectivity index (χ3n) is 3.15. The third-order valence-corrected chi connectivity index (χ3v) is 3.15. The van der Waals surface area contributed by atoms with Crippen LogP contribution in [0.2, 0.25) is 0 Å². The Morgan fingerprint density at radius 2 is 2.10 bits per heavy atom. The van der Waals surface area contributed by atoms with Gasteiger partial charge in [0.25, 0.3) is 6.43 Å². The Labute approximate surface area is 114 Å². The van der Waals surface area contributed by atoms with Crippen molar-refractivity contribution >= 4 is 23.4 Å². The number of benzene rings is 1. The van der Waals surface area contributed by atoms with E-state index in [2.05, 4.69) is 5.32 Å². The van der Waals surface area contributed by atoms with Gasteiger partial charge in [0.1, 0.15) is 0 Å². The predicted octanol–water partition coefficient (Wildman–Crippen LogP) is 3.01. The van der Waals surface area contributed by atoms with E-state index in [-0.39, 0.29) is 23.5 Å². The van der Waals surface area contributed by atoms with E-state index >= 15 is 0 Å². The fourth-order valence-electron chi connectivity index (χ4n) is 2.33. The lowest BCUT2D eigenvalue weighted by molar-refractivity contribution is -0.114. The summed E-state index contributed by atoms with van der Waals surface area (Å²) in [5.74, 6) is -0.447. The predicted molar refractivity (Wildman–Crippen MR) is 69.4 cm³/mol. The van der Waals surface area contributed by atoms with E-state index in [9.17, 15) is 18.4 Å². The molecule has 1 aliphatic heterocycles. The maximum Gasteiger partial charge on any atom is 0.411 e. The molecule has 1 aliphatic rings. The number of nitrogens with one attached hydrogen (secondary N) is 1. The van der Waals surface area contributed by atoms with Crippen molar-refractivity contribution in [2.45, 2.75) is 26.2 Å². The molecule has 0 spiro atoms. The molecule has 0 fully saturated rings. The zero-order valence-corrected chi connectivity index (χ0v) is 10.8. The first-order valence-electron chi connectivity index (χ1n) is 6.13. The van der Waals surface area contributed by atoms with E-state index in [0.29, 0.717) is 18.4 Å². The number of carbonyl (C=O) groups excluding carboxylic acids is 1. The molecule has 0 radical (unpaired) electrons. The summed E-state index contributed by atoms with van der Waals surface area (Å²) in [5.41, 5.74) is 0.588. The molecule has 0 bridgehead atoms. The molecule has 7 heteroatoms. The molecule has 2 amide bonds. The first-order chi connectivity index (χ1) is 9.40. The summed E-state index contributed by atoms with van der Waals surface area (Å²) in [4.78, 5) is 23.3. The lowest BCUT2D eigenvalue weighted by Gasteiger charge is -2.28. The van der Waals surface area contributed by atoms with Crippen LogP contribution in [0.5, 0.6) is 0 Å². The van der Waals surface area contributed by atoms with Crippen LogP contribution in [-0.4, -0.2) is 23.7 Å². The molecule has 20 heavy (non-hydrogen) atoms. The molecule has 0 atom stereocenters. The SMILES string of the molecule is CC(=O)Nc1cc2c(cc1C(F)F)N(C(=O)O)CCC2. The van der Waals surface area contributed by atoms with Crippen LogP contribution in [0.3, 0.4) is 0 Å². The molecule has 2 N–H and O–H groups in total. The number of hydrogen-bond acceptors (Lipinski definition) is 2. The van der Waals surface area contributed by atoms with E-state index in [1.54, 1.807) is 0 Å². The summed E-state index contributed by atoms with van der Waals surface area (Å²) in [6.45, 7) is 1.52. The third kappa shape index (κ3) is 2.71. The van der Waals surface area contributed by atoms with Gasteiger partial charge in [-0.15, -0.1) is 0 Å². The highest BCUT2D eigenvalue weighted by Gasteiger charge is 2.26. The van der Waals surface area contributed by atoms with Crippen LogP contribution in [0.15, 0.2) is 12.1 Å². The zero-order valence-electron chi connectivity index (χ0n) is 10.8. The second-order valence-electron chi connectivity index (χ2n) is 4.59. The molecule has 1 aromatic carbocycles. The monoisotopic (exact) mass is 284 g/mol. The van der Waals surface area contributed by atoms with Crippen LogP contribution >= 0.6 is 0 Å². The first-order valence-corrected chi connectivity index (χ1v) is 6.13. The van der Waals surface area contributed by atoms with Gasteiger partial charge in [0, 0.05) is 24.7 Å². The highest BCUT2D eigenvalue weighted by atomic mass is 19.3. The summed E-state index contributed by atoms with van der Waals surface area (Å²) in [5, 5.41) is 11.5. The number of nitrogens with zero attached hydrogens (tertiary/aromatic N) is 1. The summed E-state index contributed by atoms with van der Waals surface area (Å²) in [6.07, 6.45) is -2.75. The number of anilines is 2. The number of aryl methyl sites for hydroxylation is 1. The van der Waals surface area contributed by atoms with Gasteiger partial charge in [-0.25, -0.2) is 13.6 Å². The molecule has 0 saturated heterocycles. The number of carboxylic acid groups (broad SMARTS) is 1. The maximum atomic E-state index is 13.1. The molecule has 0 unspecified atom stereocenters. The second kappa shape index (κ2) is 5.44. The van der Waals surface area contributed by atoms with Gasteiger partial charge in [0.05, 0.1) is 5.69 Å². The van der Waals surface area contributed by atoms with E-state index < -0.39 is 18.4 Å². The Balaban J connectivity index is 2.53. The Hall–Kier alpha value is -2.18. The molecule has 5 nitrogen and oxygen atoms in total.